The van der Waals surface area contributed by atoms with Gasteiger partial charge in [-0.2, -0.15) is 0 Å². The predicted molar refractivity (Wildman–Crippen MR) is 85.6 cm³/mol. The van der Waals surface area contributed by atoms with Crippen LogP contribution in [0.1, 0.15) is 43.1 Å². The molecular formula is C14H21IN4. The first-order valence-corrected chi connectivity index (χ1v) is 8.11. The van der Waals surface area contributed by atoms with E-state index in [1.54, 1.807) is 0 Å². The smallest absolute Gasteiger partial charge is 0.143 e. The van der Waals surface area contributed by atoms with Crippen LogP contribution in [0, 0.1) is 10.5 Å². The van der Waals surface area contributed by atoms with Crippen molar-refractivity contribution in [3.8, 4) is 0 Å². The zero-order valence-electron chi connectivity index (χ0n) is 11.8. The molecule has 2 aliphatic rings. The summed E-state index contributed by atoms with van der Waals surface area (Å²) in [5, 5.41) is 3.19. The first-order chi connectivity index (χ1) is 9.10. The Hall–Kier alpha value is -0.430. The summed E-state index contributed by atoms with van der Waals surface area (Å²) in [5.41, 5.74) is 1.10. The van der Waals surface area contributed by atoms with E-state index in [1.165, 1.54) is 25.7 Å². The molecule has 2 fully saturated rings. The number of aromatic nitrogens is 2. The summed E-state index contributed by atoms with van der Waals surface area (Å²) in [7, 11) is 4.21. The van der Waals surface area contributed by atoms with Crippen molar-refractivity contribution in [2.75, 3.05) is 19.4 Å². The second-order valence-corrected chi connectivity index (χ2v) is 6.88. The molecule has 0 spiro atoms. The van der Waals surface area contributed by atoms with Gasteiger partial charge in [-0.15, -0.1) is 0 Å². The molecule has 2 bridgehead atoms. The molecule has 2 saturated heterocycles. The van der Waals surface area contributed by atoms with Crippen LogP contribution >= 0.6 is 22.6 Å². The van der Waals surface area contributed by atoms with E-state index in [9.17, 15) is 0 Å². The van der Waals surface area contributed by atoms with Crippen LogP contribution in [0.2, 0.25) is 0 Å². The molecule has 0 aromatic carbocycles. The second-order valence-electron chi connectivity index (χ2n) is 5.80. The van der Waals surface area contributed by atoms with Crippen molar-refractivity contribution in [2.45, 2.75) is 50.6 Å². The lowest BCUT2D eigenvalue weighted by atomic mass is 9.90. The fourth-order valence-corrected chi connectivity index (χ4v) is 4.06. The molecule has 1 aromatic rings. The number of fused-ring (bicyclic) bond motifs is 2. The average molecular weight is 372 g/mol. The van der Waals surface area contributed by atoms with Crippen molar-refractivity contribution < 1.29 is 0 Å². The van der Waals surface area contributed by atoms with Crippen LogP contribution in [-0.4, -0.2) is 41.0 Å². The fraction of sp³-hybridized carbons (Fsp3) is 0.714. The second kappa shape index (κ2) is 5.16. The Bertz CT molecular complexity index is 477. The van der Waals surface area contributed by atoms with Crippen LogP contribution in [0.15, 0.2) is 0 Å². The van der Waals surface area contributed by atoms with Gasteiger partial charge in [-0.3, -0.25) is 0 Å². The summed E-state index contributed by atoms with van der Waals surface area (Å²) >= 11 is 2.32. The quantitative estimate of drug-likeness (QED) is 0.811. The SMILES string of the molecule is CNc1nc(C2CC3CCC(C2)N3C)nc(C)c1I. The summed E-state index contributed by atoms with van der Waals surface area (Å²) in [5.74, 6) is 2.57. The van der Waals surface area contributed by atoms with E-state index in [1.807, 2.05) is 7.05 Å². The van der Waals surface area contributed by atoms with Crippen molar-refractivity contribution in [3.05, 3.63) is 15.1 Å². The van der Waals surface area contributed by atoms with Crippen molar-refractivity contribution in [3.63, 3.8) is 0 Å². The Morgan fingerprint density at radius 3 is 2.42 bits per heavy atom. The van der Waals surface area contributed by atoms with E-state index in [-0.39, 0.29) is 0 Å². The number of nitrogens with zero attached hydrogens (tertiary/aromatic N) is 3. The van der Waals surface area contributed by atoms with Gasteiger partial charge < -0.3 is 10.2 Å². The topological polar surface area (TPSA) is 41.1 Å². The minimum Gasteiger partial charge on any atom is -0.372 e. The molecule has 0 aliphatic carbocycles. The van der Waals surface area contributed by atoms with Crippen molar-refractivity contribution in [1.82, 2.24) is 14.9 Å². The monoisotopic (exact) mass is 372 g/mol. The van der Waals surface area contributed by atoms with Gasteiger partial charge in [0.2, 0.25) is 0 Å². The highest BCUT2D eigenvalue weighted by Gasteiger charge is 2.39. The first-order valence-electron chi connectivity index (χ1n) is 7.04. The van der Waals surface area contributed by atoms with Crippen LogP contribution < -0.4 is 5.32 Å². The minimum absolute atomic E-state index is 0.538. The Morgan fingerprint density at radius 1 is 1.21 bits per heavy atom. The molecule has 3 heterocycles. The Morgan fingerprint density at radius 2 is 1.84 bits per heavy atom. The third-order valence-electron chi connectivity index (χ3n) is 4.73. The van der Waals surface area contributed by atoms with E-state index >= 15 is 0 Å². The van der Waals surface area contributed by atoms with E-state index < -0.39 is 0 Å². The van der Waals surface area contributed by atoms with Crippen LogP contribution in [0.4, 0.5) is 5.82 Å². The number of hydrogen-bond donors (Lipinski definition) is 1. The van der Waals surface area contributed by atoms with Crippen LogP contribution in [0.25, 0.3) is 0 Å². The molecule has 0 saturated carbocycles. The highest BCUT2D eigenvalue weighted by molar-refractivity contribution is 14.1. The van der Waals surface area contributed by atoms with Gasteiger partial charge in [0.05, 0.1) is 9.26 Å². The summed E-state index contributed by atoms with van der Waals surface area (Å²) in [6.45, 7) is 2.08. The maximum atomic E-state index is 4.75. The maximum Gasteiger partial charge on any atom is 0.143 e. The largest absolute Gasteiger partial charge is 0.372 e. The van der Waals surface area contributed by atoms with Gasteiger partial charge in [-0.05, 0) is 62.2 Å². The highest BCUT2D eigenvalue weighted by Crippen LogP contribution is 2.41. The maximum absolute atomic E-state index is 4.75. The molecule has 2 atom stereocenters. The molecule has 2 unspecified atom stereocenters. The van der Waals surface area contributed by atoms with Gasteiger partial charge in [-0.1, -0.05) is 0 Å². The lowest BCUT2D eigenvalue weighted by Gasteiger charge is -2.35. The molecule has 0 amide bonds. The molecule has 0 radical (unpaired) electrons. The Balaban J connectivity index is 1.89. The summed E-state index contributed by atoms with van der Waals surface area (Å²) < 4.78 is 1.14. The molecule has 3 rings (SSSR count). The molecule has 1 aromatic heterocycles. The predicted octanol–water partition coefficient (Wildman–Crippen LogP) is 2.77. The molecule has 19 heavy (non-hydrogen) atoms. The molecule has 4 nitrogen and oxygen atoms in total. The van der Waals surface area contributed by atoms with Crippen molar-refractivity contribution in [1.29, 1.82) is 0 Å². The van der Waals surface area contributed by atoms with E-state index in [4.69, 9.17) is 9.97 Å². The molecule has 5 heteroatoms. The normalized spacial score (nSPS) is 30.6. The fourth-order valence-electron chi connectivity index (χ4n) is 3.55. The molecule has 104 valence electrons. The third kappa shape index (κ3) is 2.35. The summed E-state index contributed by atoms with van der Waals surface area (Å²) in [6.07, 6.45) is 5.13. The summed E-state index contributed by atoms with van der Waals surface area (Å²) in [6, 6.07) is 1.48. The van der Waals surface area contributed by atoms with Gasteiger partial charge >= 0.3 is 0 Å². The first kappa shape index (κ1) is 13.5. The van der Waals surface area contributed by atoms with Gasteiger partial charge in [0.1, 0.15) is 11.6 Å². The van der Waals surface area contributed by atoms with Gasteiger partial charge in [0, 0.05) is 25.0 Å². The number of aryl methyl sites for hydroxylation is 1. The van der Waals surface area contributed by atoms with E-state index in [2.05, 4.69) is 46.8 Å². The number of nitrogens with one attached hydrogen (secondary N) is 1. The number of hydrogen-bond acceptors (Lipinski definition) is 4. The van der Waals surface area contributed by atoms with Gasteiger partial charge in [0.15, 0.2) is 0 Å². The lowest BCUT2D eigenvalue weighted by Crippen LogP contribution is -2.39. The lowest BCUT2D eigenvalue weighted by molar-refractivity contribution is 0.159. The van der Waals surface area contributed by atoms with E-state index in [0.717, 1.165) is 33.0 Å². The third-order valence-corrected chi connectivity index (χ3v) is 6.03. The Kier molecular flexibility index (Phi) is 3.68. The standard InChI is InChI=1S/C14H21IN4/c1-8-12(15)14(16-2)18-13(17-8)9-6-10-4-5-11(7-9)19(10)3/h9-11H,4-7H2,1-3H3,(H,16,17,18). The van der Waals surface area contributed by atoms with Crippen molar-refractivity contribution in [2.24, 2.45) is 0 Å². The zero-order chi connectivity index (χ0) is 13.6. The highest BCUT2D eigenvalue weighted by atomic mass is 127. The van der Waals surface area contributed by atoms with Gasteiger partial charge in [-0.25, -0.2) is 9.97 Å². The van der Waals surface area contributed by atoms with Crippen LogP contribution in [0.5, 0.6) is 0 Å². The van der Waals surface area contributed by atoms with Crippen molar-refractivity contribution >= 4 is 28.4 Å². The zero-order valence-corrected chi connectivity index (χ0v) is 13.9. The minimum atomic E-state index is 0.538. The van der Waals surface area contributed by atoms with Crippen LogP contribution in [-0.2, 0) is 0 Å². The Labute approximate surface area is 128 Å². The van der Waals surface area contributed by atoms with Crippen LogP contribution in [0.3, 0.4) is 0 Å². The molecule has 1 N–H and O–H groups in total. The molecule has 2 aliphatic heterocycles. The number of halogens is 1. The number of piperidine rings is 1. The molecular weight excluding hydrogens is 351 g/mol. The number of anilines is 1. The average Bonchev–Trinajstić information content (AvgIpc) is 2.64. The van der Waals surface area contributed by atoms with Gasteiger partial charge in [0.25, 0.3) is 0 Å². The summed E-state index contributed by atoms with van der Waals surface area (Å²) in [4.78, 5) is 12.1. The van der Waals surface area contributed by atoms with E-state index in [0.29, 0.717) is 5.92 Å². The number of rotatable bonds is 2.